The minimum Gasteiger partial charge on any atom is 0 e. The highest BCUT2D eigenvalue weighted by Gasteiger charge is 1.88. The van der Waals surface area contributed by atoms with Crippen LogP contribution in [0.1, 0.15) is 0 Å². The molecule has 8 heavy (non-hydrogen) atoms. The van der Waals surface area contributed by atoms with Gasteiger partial charge in [-0.1, -0.05) is 0 Å². The summed E-state index contributed by atoms with van der Waals surface area (Å²) in [6, 6.07) is 0. The van der Waals surface area contributed by atoms with Crippen LogP contribution < -0.4 is 0 Å². The van der Waals surface area contributed by atoms with Crippen molar-refractivity contribution in [2.24, 2.45) is 0 Å². The molecule has 0 atom stereocenters. The van der Waals surface area contributed by atoms with E-state index in [-0.39, 0.29) is 0 Å². The summed E-state index contributed by atoms with van der Waals surface area (Å²) >= 11 is 0. The summed E-state index contributed by atoms with van der Waals surface area (Å²) in [5.74, 6) is 0. The van der Waals surface area contributed by atoms with Crippen LogP contribution in [0.4, 0.5) is 0 Å². The lowest BCUT2D eigenvalue weighted by Gasteiger charge is -1.88. The predicted molar refractivity (Wildman–Crippen MR) is 7.88 cm³/mol. The van der Waals surface area contributed by atoms with Crippen molar-refractivity contribution in [2.45, 2.75) is 0 Å². The molecule has 0 amide bonds. The maximum absolute atomic E-state index is 8.79. The van der Waals surface area contributed by atoms with Gasteiger partial charge in [-0.15, -0.1) is 0 Å². The minimum atomic E-state index is 2.55. The average molecular weight is 128 g/mol. The Kier molecular flexibility index (Phi) is 6.41. The maximum Gasteiger partial charge on any atom is 0 e. The normalized spacial score (nSPS) is 9.75. The average Bonchev–Trinajstić information content (AvgIpc) is 1.81. The highest BCUT2D eigenvalue weighted by atomic mass is 17.9. The van der Waals surface area contributed by atoms with E-state index in [4.69, 9.17) is 10.5 Å². The van der Waals surface area contributed by atoms with Crippen LogP contribution in [0, 0.1) is 0 Å². The third kappa shape index (κ3) is 5.68. The van der Waals surface area contributed by atoms with Gasteiger partial charge < -0.3 is 0 Å². The molecule has 0 aromatic rings. The summed E-state index contributed by atoms with van der Waals surface area (Å²) in [5.41, 5.74) is 0. The zero-order chi connectivity index (χ0) is 6.24. The molecule has 0 aliphatic carbocycles. The Morgan fingerprint density at radius 1 is 0.625 bits per heavy atom. The quantitative estimate of drug-likeness (QED) is 0.277. The first-order chi connectivity index (χ1) is 3.91. The number of hydrogen-bond acceptors (Lipinski definition) is 6. The third-order valence-electron chi connectivity index (χ3n) is 0.139. The molecule has 0 rings (SSSR count). The van der Waals surface area contributed by atoms with Gasteiger partial charge in [-0.05, 0) is 0 Å². The molecule has 0 aliphatic rings. The van der Waals surface area contributed by atoms with Crippen molar-refractivity contribution < 1.29 is 40.7 Å². The summed E-state index contributed by atoms with van der Waals surface area (Å²) in [5, 5.41) is 35.0. The molecule has 0 saturated carbocycles. The first-order valence-corrected chi connectivity index (χ1v) is 1.17. The first kappa shape index (κ1) is 7.68. The van der Waals surface area contributed by atoms with Crippen molar-refractivity contribution in [3.8, 4) is 0 Å². The monoisotopic (exact) mass is 128 g/mol. The fourth-order valence-corrected chi connectivity index (χ4v) is 0.0454. The molecule has 0 heterocycles. The smallest absolute Gasteiger partial charge is 0 e. The van der Waals surface area contributed by atoms with E-state index in [0.29, 0.717) is 0 Å². The van der Waals surface area contributed by atoms with Gasteiger partial charge in [-0.25, -0.2) is 0 Å². The van der Waals surface area contributed by atoms with Crippen LogP contribution in [0.5, 0.6) is 0 Å². The number of hydrogen-bond donors (Lipinski definition) is 0. The molecule has 0 spiro atoms. The topological polar surface area (TPSA) is 95.2 Å². The standard InChI is InChI=1S/O8/c1-3-5-7-8-6-4-2. The van der Waals surface area contributed by atoms with Gasteiger partial charge in [-0.3, -0.25) is 0 Å². The summed E-state index contributed by atoms with van der Waals surface area (Å²) in [4.78, 5) is 0. The molecule has 0 fully saturated rings. The lowest BCUT2D eigenvalue weighted by Crippen LogP contribution is -1.95. The van der Waals surface area contributed by atoms with Crippen molar-refractivity contribution >= 4 is 0 Å². The molecule has 8 nitrogen and oxygen atoms in total. The highest BCUT2D eigenvalue weighted by Crippen LogP contribution is 1.81. The molecule has 8 heteroatoms. The molecule has 0 aromatic heterocycles. The van der Waals surface area contributed by atoms with E-state index in [1.54, 1.807) is 0 Å². The first-order valence-electron chi connectivity index (χ1n) is 1.17. The van der Waals surface area contributed by atoms with Gasteiger partial charge in [-0.2, -0.15) is 0 Å². The van der Waals surface area contributed by atoms with Crippen molar-refractivity contribution in [1.29, 1.82) is 0 Å². The summed E-state index contributed by atoms with van der Waals surface area (Å²) in [6.45, 7) is 0. The van der Waals surface area contributed by atoms with Crippen LogP contribution in [-0.4, -0.2) is 0 Å². The zero-order valence-corrected chi connectivity index (χ0v) is 3.27. The van der Waals surface area contributed by atoms with Crippen molar-refractivity contribution in [1.82, 2.24) is 0 Å². The van der Waals surface area contributed by atoms with Crippen LogP contribution in [0.25, 0.3) is 0 Å². The van der Waals surface area contributed by atoms with E-state index in [1.165, 1.54) is 0 Å². The van der Waals surface area contributed by atoms with E-state index in [2.05, 4.69) is 30.2 Å². The Morgan fingerprint density at radius 3 is 1.25 bits per heavy atom. The molecular weight excluding hydrogens is 128 g/mol. The zero-order valence-electron chi connectivity index (χ0n) is 3.27. The fraction of sp³-hybridized carbons (Fsp3) is 0. The fourth-order valence-electron chi connectivity index (χ4n) is 0.0454. The van der Waals surface area contributed by atoms with Crippen LogP contribution in [-0.2, 0) is 40.7 Å². The Bertz CT molecular complexity index is 25.0. The van der Waals surface area contributed by atoms with Gasteiger partial charge in [0.2, 0.25) is 0 Å². The van der Waals surface area contributed by atoms with Crippen LogP contribution >= 0.6 is 0 Å². The molecular formula is O8. The predicted octanol–water partition coefficient (Wildman–Crippen LogP) is -0.648. The lowest BCUT2D eigenvalue weighted by atomic mass is 14.1. The largest absolute Gasteiger partial charge is 0 e. The minimum absolute atomic E-state index is 2.55. The number of rotatable bonds is 5. The van der Waals surface area contributed by atoms with Crippen molar-refractivity contribution in [3.63, 3.8) is 0 Å². The molecule has 48 valence electrons. The molecule has 0 saturated heterocycles. The van der Waals surface area contributed by atoms with Crippen molar-refractivity contribution in [3.05, 3.63) is 0 Å². The van der Waals surface area contributed by atoms with E-state index in [9.17, 15) is 0 Å². The molecule has 0 unspecified atom stereocenters. The molecule has 0 aliphatic heterocycles. The van der Waals surface area contributed by atoms with E-state index < -0.39 is 0 Å². The van der Waals surface area contributed by atoms with Gasteiger partial charge >= 0.3 is 0 Å². The Hall–Kier alpha value is -0.320. The van der Waals surface area contributed by atoms with E-state index in [1.807, 2.05) is 0 Å². The molecule has 0 aromatic carbocycles. The van der Waals surface area contributed by atoms with Gasteiger partial charge in [0.1, 0.15) is 0 Å². The van der Waals surface area contributed by atoms with Crippen molar-refractivity contribution in [2.75, 3.05) is 0 Å². The second-order valence-electron chi connectivity index (χ2n) is 0.408. The SMILES string of the molecule is [O]OOOOOO[O]. The van der Waals surface area contributed by atoms with Gasteiger partial charge in [0.05, 0.1) is 0 Å². The van der Waals surface area contributed by atoms with Crippen LogP contribution in [0.3, 0.4) is 0 Å². The Balaban J connectivity index is 2.53. The summed E-state index contributed by atoms with van der Waals surface area (Å²) in [6.07, 6.45) is 0. The van der Waals surface area contributed by atoms with Crippen LogP contribution in [0.15, 0.2) is 0 Å². The Morgan fingerprint density at radius 2 is 1.00 bits per heavy atom. The Labute approximate surface area is 42.1 Å². The second-order valence-corrected chi connectivity index (χ2v) is 0.408. The highest BCUT2D eigenvalue weighted by molar-refractivity contribution is 2.95. The lowest BCUT2D eigenvalue weighted by molar-refractivity contribution is -0.821. The van der Waals surface area contributed by atoms with E-state index >= 15 is 0 Å². The van der Waals surface area contributed by atoms with Gasteiger partial charge in [0.15, 0.2) is 0 Å². The maximum atomic E-state index is 8.79. The van der Waals surface area contributed by atoms with Crippen LogP contribution in [0.2, 0.25) is 0 Å². The second kappa shape index (κ2) is 6.68. The molecule has 0 bridgehead atoms. The third-order valence-corrected chi connectivity index (χ3v) is 0.139. The summed E-state index contributed by atoms with van der Waals surface area (Å²) in [7, 11) is 0. The van der Waals surface area contributed by atoms with E-state index in [0.717, 1.165) is 0 Å². The van der Waals surface area contributed by atoms with Gasteiger partial charge in [0.25, 0.3) is 0 Å². The van der Waals surface area contributed by atoms with Gasteiger partial charge in [0, 0.05) is 40.7 Å². The molecule has 0 N–H and O–H groups in total. The molecule has 2 radical (unpaired) electrons. The summed E-state index contributed by atoms with van der Waals surface area (Å²) < 4.78 is 0.